The minimum atomic E-state index is -5.52. The number of hydrogen-bond donors (Lipinski definition) is 1. The third-order valence-corrected chi connectivity index (χ3v) is 7.39. The summed E-state index contributed by atoms with van der Waals surface area (Å²) in [6.07, 6.45) is 8.34. The van der Waals surface area contributed by atoms with Crippen LogP contribution in [0, 0.1) is 23.7 Å². The summed E-state index contributed by atoms with van der Waals surface area (Å²) in [6, 6.07) is 0. The van der Waals surface area contributed by atoms with E-state index in [9.17, 15) is 21.6 Å². The van der Waals surface area contributed by atoms with Gasteiger partial charge in [0.1, 0.15) is 0 Å². The summed E-state index contributed by atoms with van der Waals surface area (Å²) in [7, 11) is -5.52. The first-order chi connectivity index (χ1) is 11.8. The van der Waals surface area contributed by atoms with E-state index in [0.29, 0.717) is 24.7 Å². The molecule has 8 heteroatoms. The maximum atomic E-state index is 12.6. The second-order valence-corrected chi connectivity index (χ2v) is 9.09. The molecule has 0 radical (unpaired) electrons. The van der Waals surface area contributed by atoms with E-state index in [0.717, 1.165) is 32.2 Å². The minimum Gasteiger partial charge on any atom is -0.388 e. The molecule has 0 amide bonds. The highest BCUT2D eigenvalue weighted by Gasteiger charge is 2.53. The number of rotatable bonds is 2. The molecule has 0 spiro atoms. The van der Waals surface area contributed by atoms with E-state index >= 15 is 0 Å². The number of fused-ring (bicyclic) bond motifs is 5. The highest BCUT2D eigenvalue weighted by molar-refractivity contribution is 7.87. The molecule has 5 unspecified atom stereocenters. The smallest absolute Gasteiger partial charge is 0.388 e. The lowest BCUT2D eigenvalue weighted by Gasteiger charge is -2.44. The van der Waals surface area contributed by atoms with E-state index in [1.807, 2.05) is 0 Å². The standard InChI is InChI=1S/C17H22F3NO3S/c18-17(19,20)25(22,23)24-16-8-6-12-10-5-7-15-13(2-1-9-21-15)11(10)3-4-14(12)16/h5,7,11-14,16,21H,1-4,6,8-9H2. The van der Waals surface area contributed by atoms with Crippen LogP contribution in [0.25, 0.3) is 0 Å². The van der Waals surface area contributed by atoms with Crippen molar-refractivity contribution in [3.63, 3.8) is 0 Å². The molecule has 3 fully saturated rings. The van der Waals surface area contributed by atoms with Gasteiger partial charge in [-0.25, -0.2) is 0 Å². The van der Waals surface area contributed by atoms with E-state index in [2.05, 4.69) is 21.7 Å². The molecular weight excluding hydrogens is 355 g/mol. The summed E-state index contributed by atoms with van der Waals surface area (Å²) in [6.45, 7) is 0.996. The number of allylic oxidation sites excluding steroid dienone is 4. The Morgan fingerprint density at radius 3 is 2.52 bits per heavy atom. The fourth-order valence-electron chi connectivity index (χ4n) is 5.29. The molecule has 4 nitrogen and oxygen atoms in total. The van der Waals surface area contributed by atoms with Gasteiger partial charge in [0.25, 0.3) is 0 Å². The predicted molar refractivity (Wildman–Crippen MR) is 85.7 cm³/mol. The van der Waals surface area contributed by atoms with Crippen LogP contribution in [0.2, 0.25) is 0 Å². The van der Waals surface area contributed by atoms with E-state index < -0.39 is 21.7 Å². The monoisotopic (exact) mass is 377 g/mol. The highest BCUT2D eigenvalue weighted by Crippen LogP contribution is 2.54. The Labute approximate surface area is 145 Å². The lowest BCUT2D eigenvalue weighted by atomic mass is 9.63. The summed E-state index contributed by atoms with van der Waals surface area (Å²) in [5.41, 5.74) is -2.77. The lowest BCUT2D eigenvalue weighted by molar-refractivity contribution is -0.0593. The number of halogens is 3. The number of alkyl halides is 3. The summed E-state index contributed by atoms with van der Waals surface area (Å²) in [5.74, 6) is 0.929. The van der Waals surface area contributed by atoms with Crippen molar-refractivity contribution in [1.29, 1.82) is 0 Å². The molecule has 2 saturated carbocycles. The largest absolute Gasteiger partial charge is 0.523 e. The average Bonchev–Trinajstić information content (AvgIpc) is 2.96. The van der Waals surface area contributed by atoms with Gasteiger partial charge in [-0.2, -0.15) is 21.6 Å². The van der Waals surface area contributed by atoms with Crippen molar-refractivity contribution in [2.24, 2.45) is 23.7 Å². The molecule has 5 atom stereocenters. The van der Waals surface area contributed by atoms with Crippen molar-refractivity contribution in [3.05, 3.63) is 23.4 Å². The highest BCUT2D eigenvalue weighted by atomic mass is 32.2. The summed E-state index contributed by atoms with van der Waals surface area (Å²) < 4.78 is 65.2. The zero-order valence-electron chi connectivity index (χ0n) is 13.8. The van der Waals surface area contributed by atoms with Crippen molar-refractivity contribution in [2.45, 2.75) is 50.1 Å². The molecule has 1 heterocycles. The maximum Gasteiger partial charge on any atom is 0.523 e. The quantitative estimate of drug-likeness (QED) is 0.591. The molecule has 1 saturated heterocycles. The van der Waals surface area contributed by atoms with Gasteiger partial charge >= 0.3 is 15.6 Å². The zero-order chi connectivity index (χ0) is 17.8. The number of hydrogen-bond acceptors (Lipinski definition) is 4. The summed E-state index contributed by atoms with van der Waals surface area (Å²) in [5, 5.41) is 3.46. The molecule has 4 aliphatic rings. The maximum absolute atomic E-state index is 12.6. The fourth-order valence-corrected chi connectivity index (χ4v) is 5.96. The van der Waals surface area contributed by atoms with Gasteiger partial charge in [0.15, 0.2) is 0 Å². The normalized spacial score (nSPS) is 38.0. The van der Waals surface area contributed by atoms with Crippen molar-refractivity contribution in [3.8, 4) is 0 Å². The average molecular weight is 377 g/mol. The second kappa shape index (κ2) is 6.01. The van der Waals surface area contributed by atoms with Gasteiger partial charge in [-0.1, -0.05) is 11.6 Å². The van der Waals surface area contributed by atoms with Crippen LogP contribution in [0.15, 0.2) is 23.4 Å². The molecule has 25 heavy (non-hydrogen) atoms. The molecule has 0 aromatic carbocycles. The van der Waals surface area contributed by atoms with Gasteiger partial charge in [0.05, 0.1) is 6.10 Å². The molecule has 3 aliphatic carbocycles. The van der Waals surface area contributed by atoms with Gasteiger partial charge in [0, 0.05) is 18.2 Å². The van der Waals surface area contributed by atoms with E-state index in [4.69, 9.17) is 0 Å². The van der Waals surface area contributed by atoms with Gasteiger partial charge in [-0.15, -0.1) is 0 Å². The van der Waals surface area contributed by atoms with Gasteiger partial charge in [0.2, 0.25) is 0 Å². The molecule has 0 aromatic heterocycles. The number of nitrogens with one attached hydrogen (secondary N) is 1. The Bertz CT molecular complexity index is 713. The van der Waals surface area contributed by atoms with Crippen LogP contribution in [-0.2, 0) is 14.3 Å². The molecule has 1 N–H and O–H groups in total. The summed E-state index contributed by atoms with van der Waals surface area (Å²) in [4.78, 5) is 0. The molecular formula is C17H22F3NO3S. The van der Waals surface area contributed by atoms with Crippen LogP contribution in [0.3, 0.4) is 0 Å². The van der Waals surface area contributed by atoms with Crippen molar-refractivity contribution in [1.82, 2.24) is 5.32 Å². The first kappa shape index (κ1) is 17.4. The Balaban J connectivity index is 1.54. The predicted octanol–water partition coefficient (Wildman–Crippen LogP) is 3.48. The molecule has 0 aromatic rings. The van der Waals surface area contributed by atoms with Gasteiger partial charge in [-0.3, -0.25) is 4.18 Å². The van der Waals surface area contributed by atoms with E-state index in [-0.39, 0.29) is 11.8 Å². The van der Waals surface area contributed by atoms with Crippen molar-refractivity contribution < 1.29 is 25.8 Å². The zero-order valence-corrected chi connectivity index (χ0v) is 14.6. The molecule has 1 aliphatic heterocycles. The SMILES string of the molecule is O=S(=O)(OC1CCC2C3=CC=C4NCCCC4C3CCC12)C(F)(F)F. The van der Waals surface area contributed by atoms with E-state index in [1.165, 1.54) is 11.3 Å². The van der Waals surface area contributed by atoms with E-state index in [1.54, 1.807) is 0 Å². The van der Waals surface area contributed by atoms with Gasteiger partial charge in [-0.05, 0) is 62.4 Å². The van der Waals surface area contributed by atoms with Crippen LogP contribution < -0.4 is 5.32 Å². The van der Waals surface area contributed by atoms with Crippen molar-refractivity contribution in [2.75, 3.05) is 6.54 Å². The Morgan fingerprint density at radius 2 is 1.76 bits per heavy atom. The Morgan fingerprint density at radius 1 is 1.00 bits per heavy atom. The third kappa shape index (κ3) is 2.91. The van der Waals surface area contributed by atoms with Crippen LogP contribution in [-0.4, -0.2) is 26.6 Å². The minimum absolute atomic E-state index is 0.133. The van der Waals surface area contributed by atoms with Gasteiger partial charge < -0.3 is 5.32 Å². The Kier molecular flexibility index (Phi) is 4.18. The Hall–Kier alpha value is -1.02. The van der Waals surface area contributed by atoms with Crippen LogP contribution >= 0.6 is 0 Å². The molecule has 4 rings (SSSR count). The second-order valence-electron chi connectivity index (χ2n) is 7.53. The number of piperidine rings is 1. The topological polar surface area (TPSA) is 55.4 Å². The van der Waals surface area contributed by atoms with Crippen LogP contribution in [0.1, 0.15) is 38.5 Å². The fraction of sp³-hybridized carbons (Fsp3) is 0.765. The van der Waals surface area contributed by atoms with Crippen molar-refractivity contribution >= 4 is 10.1 Å². The van der Waals surface area contributed by atoms with Crippen LogP contribution in [0.5, 0.6) is 0 Å². The summed E-state index contributed by atoms with van der Waals surface area (Å²) >= 11 is 0. The lowest BCUT2D eigenvalue weighted by Crippen LogP contribution is -2.40. The first-order valence-corrected chi connectivity index (χ1v) is 10.3. The van der Waals surface area contributed by atoms with Crippen LogP contribution in [0.4, 0.5) is 13.2 Å². The first-order valence-electron chi connectivity index (χ1n) is 8.93. The molecule has 0 bridgehead atoms. The third-order valence-electron chi connectivity index (χ3n) is 6.32. The molecule has 140 valence electrons.